The molecule has 0 atom stereocenters. The fraction of sp³-hybridized carbons (Fsp3) is 0.158. The first-order chi connectivity index (χ1) is 27.2. The van der Waals surface area contributed by atoms with Crippen LogP contribution in [0.3, 0.4) is 0 Å². The Labute approximate surface area is 323 Å². The van der Waals surface area contributed by atoms with Crippen molar-refractivity contribution in [3.63, 3.8) is 0 Å². The number of aromatic nitrogens is 6. The molecule has 0 aliphatic rings. The normalized spacial score (nSPS) is 11.4. The molecular weight excluding hydrogens is 737 g/mol. The van der Waals surface area contributed by atoms with Crippen molar-refractivity contribution in [1.82, 2.24) is 29.9 Å². The van der Waals surface area contributed by atoms with E-state index >= 15 is 0 Å². The van der Waals surface area contributed by atoms with E-state index < -0.39 is 10.1 Å². The fourth-order valence-corrected chi connectivity index (χ4v) is 6.13. The molecule has 2 heterocycles. The van der Waals surface area contributed by atoms with Crippen LogP contribution in [-0.2, 0) is 16.5 Å². The summed E-state index contributed by atoms with van der Waals surface area (Å²) >= 11 is 0. The lowest BCUT2D eigenvalue weighted by atomic mass is 10.1. The average Bonchev–Trinajstić information content (AvgIpc) is 3.18. The third-order valence-corrected chi connectivity index (χ3v) is 8.90. The molecule has 0 spiro atoms. The maximum absolute atomic E-state index is 12.6. The highest BCUT2D eigenvalue weighted by Crippen LogP contribution is 2.26. The zero-order valence-corrected chi connectivity index (χ0v) is 30.8. The molecule has 2 aromatic heterocycles. The number of nitrogens with zero attached hydrogens (tertiary/aromatic N) is 7. The van der Waals surface area contributed by atoms with E-state index in [1.165, 1.54) is 6.07 Å². The Hall–Kier alpha value is -6.57. The van der Waals surface area contributed by atoms with E-state index in [0.717, 1.165) is 16.8 Å². The summed E-state index contributed by atoms with van der Waals surface area (Å²) in [5.74, 6) is 1.61. The van der Waals surface area contributed by atoms with Gasteiger partial charge in [-0.25, -0.2) is 0 Å². The van der Waals surface area contributed by atoms with E-state index in [9.17, 15) is 23.2 Å². The number of para-hydroxylation sites is 1. The Morgan fingerprint density at radius 2 is 1.21 bits per heavy atom. The molecule has 288 valence electrons. The number of hydrogen-bond donors (Lipinski definition) is 8. The Bertz CT molecular complexity index is 2350. The number of hydrogen-bond acceptors (Lipinski definition) is 16. The first-order valence-corrected chi connectivity index (χ1v) is 18.8. The SMILES string of the molecule is NCNc1nc(Nc2ccccc2)nc(Nc2ccc(/C=C/c3ccc(Nc4nc(Cc5ccccc5)nc(N(CCO)CCO)n4)cc3S(=O)(=O)O)cc2)n1. The van der Waals surface area contributed by atoms with Crippen LogP contribution in [0, 0.1) is 0 Å². The van der Waals surface area contributed by atoms with Gasteiger partial charge in [-0.1, -0.05) is 78.9 Å². The van der Waals surface area contributed by atoms with Crippen LogP contribution in [0.25, 0.3) is 12.2 Å². The largest absolute Gasteiger partial charge is 0.395 e. The van der Waals surface area contributed by atoms with Crippen molar-refractivity contribution in [2.75, 3.05) is 59.1 Å². The second-order valence-electron chi connectivity index (χ2n) is 12.1. The summed E-state index contributed by atoms with van der Waals surface area (Å²) in [6.07, 6.45) is 3.65. The lowest BCUT2D eigenvalue weighted by Gasteiger charge is -2.21. The van der Waals surface area contributed by atoms with Crippen LogP contribution in [0.1, 0.15) is 22.5 Å². The van der Waals surface area contributed by atoms with Gasteiger partial charge in [-0.2, -0.15) is 38.3 Å². The van der Waals surface area contributed by atoms with E-state index in [4.69, 9.17) is 5.73 Å². The van der Waals surface area contributed by atoms with Gasteiger partial charge in [0, 0.05) is 36.6 Å². The van der Waals surface area contributed by atoms with Gasteiger partial charge in [-0.3, -0.25) is 4.55 Å². The van der Waals surface area contributed by atoms with Crippen molar-refractivity contribution in [3.05, 3.63) is 126 Å². The van der Waals surface area contributed by atoms with Crippen LogP contribution in [-0.4, -0.2) is 86.1 Å². The summed E-state index contributed by atoms with van der Waals surface area (Å²) in [5.41, 5.74) is 9.34. The van der Waals surface area contributed by atoms with Gasteiger partial charge < -0.3 is 42.1 Å². The molecule has 17 nitrogen and oxygen atoms in total. The van der Waals surface area contributed by atoms with Crippen LogP contribution in [0.5, 0.6) is 0 Å². The molecule has 0 saturated heterocycles. The quantitative estimate of drug-likeness (QED) is 0.0342. The highest BCUT2D eigenvalue weighted by Gasteiger charge is 2.18. The predicted octanol–water partition coefficient (Wildman–Crippen LogP) is 4.41. The molecule has 0 unspecified atom stereocenters. The zero-order valence-electron chi connectivity index (χ0n) is 30.0. The van der Waals surface area contributed by atoms with E-state index in [1.807, 2.05) is 72.8 Å². The number of rotatable bonds is 18. The molecule has 0 radical (unpaired) electrons. The molecule has 0 saturated carbocycles. The number of aliphatic hydroxyl groups excluding tert-OH is 2. The molecule has 0 aliphatic carbocycles. The minimum atomic E-state index is -4.67. The van der Waals surface area contributed by atoms with Crippen molar-refractivity contribution >= 4 is 69.1 Å². The first kappa shape index (κ1) is 39.1. The van der Waals surface area contributed by atoms with Crippen molar-refractivity contribution in [2.45, 2.75) is 11.3 Å². The van der Waals surface area contributed by atoms with Gasteiger partial charge in [0.25, 0.3) is 10.1 Å². The Morgan fingerprint density at radius 3 is 1.84 bits per heavy atom. The minimum Gasteiger partial charge on any atom is -0.395 e. The van der Waals surface area contributed by atoms with E-state index in [2.05, 4.69) is 51.2 Å². The molecule has 0 aliphatic heterocycles. The second kappa shape index (κ2) is 18.7. The standard InChI is InChI=1S/C38H40N12O5S/c39-25-40-34-46-36(41-29-9-5-2-6-10-29)48-37(47-34)42-30-16-12-26(13-17-30)11-14-28-15-18-31(24-32(28)56(53,54)55)43-35-44-33(23-27-7-3-1-4-8-27)45-38(49-35)50(19-21-51)20-22-52/h1-18,24,51-52H,19-23,25,39H2,(H,53,54,55)(H,43,44,45,49)(H3,40,41,42,46,47,48)/b14-11+. The molecule has 0 amide bonds. The van der Waals surface area contributed by atoms with Gasteiger partial charge >= 0.3 is 0 Å². The second-order valence-corrected chi connectivity index (χ2v) is 13.5. The van der Waals surface area contributed by atoms with Gasteiger partial charge in [0.1, 0.15) is 10.7 Å². The summed E-state index contributed by atoms with van der Waals surface area (Å²) in [5, 5.41) is 31.4. The number of nitrogens with one attached hydrogen (secondary N) is 4. The Kier molecular flexibility index (Phi) is 13.0. The number of anilines is 8. The van der Waals surface area contributed by atoms with Gasteiger partial charge in [-0.05, 0) is 53.1 Å². The zero-order chi connectivity index (χ0) is 39.3. The van der Waals surface area contributed by atoms with Gasteiger partial charge in [0.2, 0.25) is 29.7 Å². The molecule has 0 bridgehead atoms. The molecule has 0 fully saturated rings. The average molecular weight is 777 g/mol. The summed E-state index contributed by atoms with van der Waals surface area (Å²) < 4.78 is 35.4. The molecular formula is C38H40N12O5S. The van der Waals surface area contributed by atoms with Gasteiger partial charge in [-0.15, -0.1) is 0 Å². The fourth-order valence-electron chi connectivity index (χ4n) is 5.42. The number of benzene rings is 4. The van der Waals surface area contributed by atoms with Crippen molar-refractivity contribution in [1.29, 1.82) is 0 Å². The third-order valence-electron chi connectivity index (χ3n) is 7.99. The Morgan fingerprint density at radius 1 is 0.643 bits per heavy atom. The monoisotopic (exact) mass is 776 g/mol. The molecule has 18 heteroatoms. The highest BCUT2D eigenvalue weighted by molar-refractivity contribution is 7.86. The number of aliphatic hydroxyl groups is 2. The van der Waals surface area contributed by atoms with E-state index in [1.54, 1.807) is 41.3 Å². The lowest BCUT2D eigenvalue weighted by molar-refractivity contribution is 0.280. The van der Waals surface area contributed by atoms with Crippen LogP contribution in [0.4, 0.5) is 46.8 Å². The number of nitrogens with two attached hydrogens (primary N) is 1. The van der Waals surface area contributed by atoms with Crippen LogP contribution >= 0.6 is 0 Å². The van der Waals surface area contributed by atoms with Crippen LogP contribution in [0.15, 0.2) is 108 Å². The van der Waals surface area contributed by atoms with Gasteiger partial charge in [0.05, 0.1) is 19.9 Å². The summed E-state index contributed by atoms with van der Waals surface area (Å²) in [6, 6.07) is 30.7. The topological polar surface area (TPSA) is 250 Å². The van der Waals surface area contributed by atoms with Crippen molar-refractivity contribution in [3.8, 4) is 0 Å². The summed E-state index contributed by atoms with van der Waals surface area (Å²) in [6.45, 7) is 0.0743. The van der Waals surface area contributed by atoms with Crippen molar-refractivity contribution < 1.29 is 23.2 Å². The van der Waals surface area contributed by atoms with Crippen LogP contribution in [0.2, 0.25) is 0 Å². The molecule has 4 aromatic carbocycles. The molecule has 6 rings (SSSR count). The predicted molar refractivity (Wildman–Crippen MR) is 216 cm³/mol. The van der Waals surface area contributed by atoms with Crippen LogP contribution < -0.4 is 31.9 Å². The summed E-state index contributed by atoms with van der Waals surface area (Å²) in [4.78, 5) is 28.1. The highest BCUT2D eigenvalue weighted by atomic mass is 32.2. The van der Waals surface area contributed by atoms with E-state index in [0.29, 0.717) is 23.9 Å². The van der Waals surface area contributed by atoms with E-state index in [-0.39, 0.29) is 72.9 Å². The third kappa shape index (κ3) is 11.0. The molecule has 9 N–H and O–H groups in total. The summed E-state index contributed by atoms with van der Waals surface area (Å²) in [7, 11) is -4.67. The lowest BCUT2D eigenvalue weighted by Crippen LogP contribution is -2.32. The minimum absolute atomic E-state index is 0.104. The smallest absolute Gasteiger partial charge is 0.295 e. The molecule has 6 aromatic rings. The molecule has 56 heavy (non-hydrogen) atoms. The first-order valence-electron chi connectivity index (χ1n) is 17.4. The maximum atomic E-state index is 12.6. The van der Waals surface area contributed by atoms with Crippen molar-refractivity contribution in [2.24, 2.45) is 5.73 Å². The Balaban J connectivity index is 1.20. The maximum Gasteiger partial charge on any atom is 0.295 e. The van der Waals surface area contributed by atoms with Gasteiger partial charge in [0.15, 0.2) is 0 Å².